The Morgan fingerprint density at radius 1 is 1.21 bits per heavy atom. The van der Waals surface area contributed by atoms with Crippen molar-refractivity contribution >= 4 is 16.7 Å². The van der Waals surface area contributed by atoms with E-state index in [0.29, 0.717) is 26.2 Å². The van der Waals surface area contributed by atoms with E-state index < -0.39 is 0 Å². The molecule has 1 fully saturated rings. The second-order valence-corrected chi connectivity index (χ2v) is 6.27. The zero-order valence-corrected chi connectivity index (χ0v) is 14.0. The van der Waals surface area contributed by atoms with Crippen molar-refractivity contribution in [3.05, 3.63) is 48.0 Å². The third-order valence-corrected chi connectivity index (χ3v) is 4.29. The number of fused-ring (bicyclic) bond motifs is 1. The van der Waals surface area contributed by atoms with Gasteiger partial charge in [0.25, 0.3) is 0 Å². The molecule has 1 unspecified atom stereocenters. The van der Waals surface area contributed by atoms with Crippen LogP contribution in [-0.2, 0) is 20.7 Å². The molecule has 1 aliphatic heterocycles. The fourth-order valence-corrected chi connectivity index (χ4v) is 2.99. The molecule has 128 valence electrons. The van der Waals surface area contributed by atoms with E-state index in [1.165, 1.54) is 10.8 Å². The fraction of sp³-hybridized carbons (Fsp3) is 0.450. The lowest BCUT2D eigenvalue weighted by atomic mass is 10.0. The molecular weight excluding hydrogens is 302 g/mol. The highest BCUT2D eigenvalue weighted by Gasteiger charge is 2.14. The minimum absolute atomic E-state index is 0.0596. The van der Waals surface area contributed by atoms with Gasteiger partial charge in [0.15, 0.2) is 0 Å². The predicted octanol–water partition coefficient (Wildman–Crippen LogP) is 3.08. The van der Waals surface area contributed by atoms with E-state index in [1.807, 2.05) is 18.2 Å². The first-order valence-corrected chi connectivity index (χ1v) is 8.75. The summed E-state index contributed by atoms with van der Waals surface area (Å²) in [5.41, 5.74) is 1.04. The van der Waals surface area contributed by atoms with Crippen LogP contribution in [0.3, 0.4) is 0 Å². The number of hydrogen-bond acceptors (Lipinski definition) is 3. The normalized spacial score (nSPS) is 17.2. The Hall–Kier alpha value is -1.91. The Morgan fingerprint density at radius 2 is 2.08 bits per heavy atom. The molecule has 1 N–H and O–H groups in total. The van der Waals surface area contributed by atoms with Gasteiger partial charge in [0, 0.05) is 19.8 Å². The quantitative estimate of drug-likeness (QED) is 0.758. The highest BCUT2D eigenvalue weighted by molar-refractivity contribution is 5.85. The van der Waals surface area contributed by atoms with E-state index in [1.54, 1.807) is 0 Å². The minimum atomic E-state index is 0.0596. The van der Waals surface area contributed by atoms with Gasteiger partial charge in [-0.15, -0.1) is 0 Å². The van der Waals surface area contributed by atoms with Gasteiger partial charge in [-0.3, -0.25) is 4.79 Å². The summed E-state index contributed by atoms with van der Waals surface area (Å²) in [7, 11) is 0. The average molecular weight is 327 g/mol. The highest BCUT2D eigenvalue weighted by Crippen LogP contribution is 2.16. The molecule has 1 saturated heterocycles. The molecule has 1 atom stereocenters. The van der Waals surface area contributed by atoms with Gasteiger partial charge in [-0.25, -0.2) is 0 Å². The lowest BCUT2D eigenvalue weighted by Crippen LogP contribution is -2.27. The van der Waals surface area contributed by atoms with E-state index >= 15 is 0 Å². The average Bonchev–Trinajstić information content (AvgIpc) is 3.11. The molecule has 0 aliphatic carbocycles. The van der Waals surface area contributed by atoms with Crippen LogP contribution in [0.4, 0.5) is 0 Å². The number of nitrogens with one attached hydrogen (secondary N) is 1. The molecular formula is C20H25NO3. The number of carbonyl (C=O) groups excluding carboxylic acids is 1. The van der Waals surface area contributed by atoms with Gasteiger partial charge in [0.1, 0.15) is 0 Å². The Labute approximate surface area is 143 Å². The zero-order chi connectivity index (χ0) is 16.6. The number of hydrogen-bond donors (Lipinski definition) is 1. The van der Waals surface area contributed by atoms with E-state index in [-0.39, 0.29) is 12.0 Å². The van der Waals surface area contributed by atoms with Gasteiger partial charge in [-0.2, -0.15) is 0 Å². The molecule has 4 nitrogen and oxygen atoms in total. The number of rotatable bonds is 8. The lowest BCUT2D eigenvalue weighted by Gasteiger charge is -2.10. The smallest absolute Gasteiger partial charge is 0.224 e. The molecule has 0 bridgehead atoms. The molecule has 1 aliphatic rings. The van der Waals surface area contributed by atoms with E-state index in [9.17, 15) is 4.79 Å². The third-order valence-electron chi connectivity index (χ3n) is 4.29. The van der Waals surface area contributed by atoms with Crippen LogP contribution in [0.25, 0.3) is 10.8 Å². The topological polar surface area (TPSA) is 47.6 Å². The summed E-state index contributed by atoms with van der Waals surface area (Å²) < 4.78 is 11.1. The van der Waals surface area contributed by atoms with Crippen molar-refractivity contribution in [3.8, 4) is 0 Å². The summed E-state index contributed by atoms with van der Waals surface area (Å²) in [6.45, 7) is 2.85. The monoisotopic (exact) mass is 327 g/mol. The largest absolute Gasteiger partial charge is 0.379 e. The predicted molar refractivity (Wildman–Crippen MR) is 95.1 cm³/mol. The molecule has 0 aromatic heterocycles. The van der Waals surface area contributed by atoms with Crippen LogP contribution in [0.5, 0.6) is 0 Å². The van der Waals surface area contributed by atoms with Gasteiger partial charge in [0.2, 0.25) is 5.91 Å². The third kappa shape index (κ3) is 5.05. The van der Waals surface area contributed by atoms with Gasteiger partial charge >= 0.3 is 0 Å². The molecule has 0 saturated carbocycles. The van der Waals surface area contributed by atoms with Crippen molar-refractivity contribution in [2.24, 2.45) is 0 Å². The first-order valence-electron chi connectivity index (χ1n) is 8.75. The maximum Gasteiger partial charge on any atom is 0.224 e. The Kier molecular flexibility index (Phi) is 6.21. The van der Waals surface area contributed by atoms with Crippen molar-refractivity contribution in [2.75, 3.05) is 26.4 Å². The lowest BCUT2D eigenvalue weighted by molar-refractivity contribution is -0.120. The van der Waals surface area contributed by atoms with Crippen molar-refractivity contribution in [3.63, 3.8) is 0 Å². The molecule has 3 rings (SSSR count). The Morgan fingerprint density at radius 3 is 2.92 bits per heavy atom. The van der Waals surface area contributed by atoms with Crippen LogP contribution in [0.1, 0.15) is 24.8 Å². The molecule has 4 heteroatoms. The number of amides is 1. The highest BCUT2D eigenvalue weighted by atomic mass is 16.5. The summed E-state index contributed by atoms with van der Waals surface area (Å²) in [6, 6.07) is 14.4. The number of ether oxygens (including phenoxy) is 2. The van der Waals surface area contributed by atoms with Crippen LogP contribution in [0.15, 0.2) is 42.5 Å². The van der Waals surface area contributed by atoms with E-state index in [2.05, 4.69) is 29.6 Å². The summed E-state index contributed by atoms with van der Waals surface area (Å²) in [5.74, 6) is 0.0596. The van der Waals surface area contributed by atoms with Crippen molar-refractivity contribution in [2.45, 2.75) is 31.8 Å². The van der Waals surface area contributed by atoms with E-state index in [4.69, 9.17) is 9.47 Å². The zero-order valence-electron chi connectivity index (χ0n) is 14.0. The molecule has 1 amide bonds. The van der Waals surface area contributed by atoms with Crippen LogP contribution in [0.2, 0.25) is 0 Å². The Bertz CT molecular complexity index is 665. The fourth-order valence-electron chi connectivity index (χ4n) is 2.99. The Balaban J connectivity index is 1.33. The molecule has 2 aromatic rings. The van der Waals surface area contributed by atoms with Gasteiger partial charge < -0.3 is 14.8 Å². The molecule has 0 radical (unpaired) electrons. The molecule has 2 aromatic carbocycles. The first kappa shape index (κ1) is 16.9. The molecule has 0 spiro atoms. The summed E-state index contributed by atoms with van der Waals surface area (Å²) in [5, 5.41) is 5.33. The van der Waals surface area contributed by atoms with Crippen LogP contribution >= 0.6 is 0 Å². The first-order chi connectivity index (χ1) is 11.8. The van der Waals surface area contributed by atoms with Crippen molar-refractivity contribution in [1.82, 2.24) is 5.32 Å². The van der Waals surface area contributed by atoms with Gasteiger partial charge in [0.05, 0.1) is 19.1 Å². The summed E-state index contributed by atoms with van der Waals surface area (Å²) in [6.07, 6.45) is 3.76. The second kappa shape index (κ2) is 8.81. The van der Waals surface area contributed by atoms with Crippen LogP contribution in [-0.4, -0.2) is 38.4 Å². The molecule has 24 heavy (non-hydrogen) atoms. The van der Waals surface area contributed by atoms with Crippen molar-refractivity contribution in [1.29, 1.82) is 0 Å². The second-order valence-electron chi connectivity index (χ2n) is 6.27. The number of carbonyl (C=O) groups is 1. The minimum Gasteiger partial charge on any atom is -0.379 e. The standard InChI is InChI=1S/C20H25NO3/c22-20(21-10-4-11-23-15-19-7-3-12-24-19)14-16-8-9-17-5-1-2-6-18(17)13-16/h1-2,5-6,8-9,13,19H,3-4,7,10-12,14-15H2,(H,21,22). The maximum absolute atomic E-state index is 12.0. The summed E-state index contributed by atoms with van der Waals surface area (Å²) in [4.78, 5) is 12.0. The van der Waals surface area contributed by atoms with Crippen LogP contribution < -0.4 is 5.32 Å². The van der Waals surface area contributed by atoms with Crippen LogP contribution in [0, 0.1) is 0 Å². The van der Waals surface area contributed by atoms with Gasteiger partial charge in [-0.1, -0.05) is 42.5 Å². The molecule has 1 heterocycles. The van der Waals surface area contributed by atoms with Gasteiger partial charge in [-0.05, 0) is 35.6 Å². The van der Waals surface area contributed by atoms with Crippen molar-refractivity contribution < 1.29 is 14.3 Å². The number of benzene rings is 2. The summed E-state index contributed by atoms with van der Waals surface area (Å²) >= 11 is 0. The SMILES string of the molecule is O=C(Cc1ccc2ccccc2c1)NCCCOCC1CCCO1. The maximum atomic E-state index is 12.0. The van der Waals surface area contributed by atoms with E-state index in [0.717, 1.165) is 31.4 Å².